The largest absolute Gasteiger partial charge is 0.496 e. The van der Waals surface area contributed by atoms with Crippen molar-refractivity contribution in [2.24, 2.45) is 5.73 Å². The van der Waals surface area contributed by atoms with Crippen LogP contribution in [0.2, 0.25) is 0 Å². The van der Waals surface area contributed by atoms with Crippen molar-refractivity contribution in [2.75, 3.05) is 14.2 Å². The van der Waals surface area contributed by atoms with Crippen molar-refractivity contribution >= 4 is 21.9 Å². The molecule has 1 unspecified atom stereocenters. The molecule has 0 aromatic heterocycles. The first-order valence-corrected chi connectivity index (χ1v) is 5.07. The van der Waals surface area contributed by atoms with Crippen LogP contribution in [0, 0.1) is 0 Å². The zero-order chi connectivity index (χ0) is 11.4. The number of methoxy groups -OCH3 is 2. The maximum Gasteiger partial charge on any atom is 0.327 e. The van der Waals surface area contributed by atoms with Crippen LogP contribution in [0.3, 0.4) is 0 Å². The summed E-state index contributed by atoms with van der Waals surface area (Å²) in [7, 11) is 2.85. The second-order valence-corrected chi connectivity index (χ2v) is 3.66. The Morgan fingerprint density at radius 1 is 1.47 bits per heavy atom. The fraction of sp³-hybridized carbons (Fsp3) is 0.300. The number of carbonyl (C=O) groups excluding carboxylic acids is 1. The zero-order valence-corrected chi connectivity index (χ0v) is 10.1. The molecule has 82 valence electrons. The topological polar surface area (TPSA) is 61.5 Å². The lowest BCUT2D eigenvalue weighted by atomic mass is 10.1. The maximum atomic E-state index is 11.3. The monoisotopic (exact) mass is 273 g/mol. The smallest absolute Gasteiger partial charge is 0.327 e. The molecule has 0 radical (unpaired) electrons. The maximum absolute atomic E-state index is 11.3. The van der Waals surface area contributed by atoms with Crippen LogP contribution < -0.4 is 10.5 Å². The molecule has 0 saturated carbocycles. The van der Waals surface area contributed by atoms with E-state index in [1.54, 1.807) is 25.3 Å². The van der Waals surface area contributed by atoms with E-state index in [0.29, 0.717) is 15.8 Å². The summed E-state index contributed by atoms with van der Waals surface area (Å²) >= 11 is 3.33. The number of hydrogen-bond acceptors (Lipinski definition) is 4. The summed E-state index contributed by atoms with van der Waals surface area (Å²) in [6.45, 7) is 0. The lowest BCUT2D eigenvalue weighted by molar-refractivity contribution is -0.142. The normalized spacial score (nSPS) is 12.0. The Morgan fingerprint density at radius 3 is 2.67 bits per heavy atom. The quantitative estimate of drug-likeness (QED) is 0.851. The molecule has 1 aromatic carbocycles. The number of rotatable bonds is 3. The molecule has 0 heterocycles. The third-order valence-corrected chi connectivity index (χ3v) is 2.85. The number of ether oxygens (including phenoxy) is 2. The molecule has 0 spiro atoms. The van der Waals surface area contributed by atoms with Gasteiger partial charge in [-0.1, -0.05) is 12.1 Å². The van der Waals surface area contributed by atoms with E-state index in [-0.39, 0.29) is 0 Å². The lowest BCUT2D eigenvalue weighted by Gasteiger charge is -2.13. The molecule has 5 heteroatoms. The summed E-state index contributed by atoms with van der Waals surface area (Å²) in [6, 6.07) is 4.48. The molecule has 0 fully saturated rings. The van der Waals surface area contributed by atoms with Crippen molar-refractivity contribution in [1.29, 1.82) is 0 Å². The lowest BCUT2D eigenvalue weighted by Crippen LogP contribution is -2.23. The minimum atomic E-state index is -0.806. The number of nitrogens with two attached hydrogens (primary N) is 1. The van der Waals surface area contributed by atoms with Crippen LogP contribution in [0.15, 0.2) is 22.7 Å². The van der Waals surface area contributed by atoms with Gasteiger partial charge in [0, 0.05) is 0 Å². The van der Waals surface area contributed by atoms with Gasteiger partial charge in [0.05, 0.1) is 18.7 Å². The first-order chi connectivity index (χ1) is 7.11. The van der Waals surface area contributed by atoms with E-state index in [4.69, 9.17) is 10.5 Å². The van der Waals surface area contributed by atoms with Gasteiger partial charge < -0.3 is 15.2 Å². The van der Waals surface area contributed by atoms with Gasteiger partial charge in [-0.3, -0.25) is 4.79 Å². The highest BCUT2D eigenvalue weighted by atomic mass is 79.9. The van der Waals surface area contributed by atoms with Gasteiger partial charge in [-0.2, -0.15) is 0 Å². The van der Waals surface area contributed by atoms with E-state index in [9.17, 15) is 4.79 Å². The second kappa shape index (κ2) is 5.14. The summed E-state index contributed by atoms with van der Waals surface area (Å²) in [5.41, 5.74) is 6.35. The number of halogens is 1. The Kier molecular flexibility index (Phi) is 4.11. The van der Waals surface area contributed by atoms with E-state index in [0.717, 1.165) is 0 Å². The number of esters is 1. The molecular weight excluding hydrogens is 262 g/mol. The van der Waals surface area contributed by atoms with Crippen LogP contribution in [0.5, 0.6) is 5.75 Å². The fourth-order valence-corrected chi connectivity index (χ4v) is 1.85. The van der Waals surface area contributed by atoms with E-state index >= 15 is 0 Å². The van der Waals surface area contributed by atoms with Crippen LogP contribution in [0.4, 0.5) is 0 Å². The Hall–Kier alpha value is -1.07. The summed E-state index contributed by atoms with van der Waals surface area (Å²) in [4.78, 5) is 11.3. The standard InChI is InChI=1S/C10H12BrNO3/c1-14-7-5-3-4-6(8(7)11)9(12)10(13)15-2/h3-5,9H,12H2,1-2H3. The van der Waals surface area contributed by atoms with Gasteiger partial charge in [0.15, 0.2) is 0 Å². The Bertz CT molecular complexity index is 368. The van der Waals surface area contributed by atoms with Gasteiger partial charge in [0.1, 0.15) is 11.8 Å². The van der Waals surface area contributed by atoms with Gasteiger partial charge in [-0.25, -0.2) is 0 Å². The molecule has 0 aliphatic rings. The van der Waals surface area contributed by atoms with Crippen molar-refractivity contribution < 1.29 is 14.3 Å². The van der Waals surface area contributed by atoms with Crippen molar-refractivity contribution in [3.8, 4) is 5.75 Å². The summed E-state index contributed by atoms with van der Waals surface area (Å²) in [5, 5.41) is 0. The molecule has 0 amide bonds. The van der Waals surface area contributed by atoms with Crippen LogP contribution in [0.25, 0.3) is 0 Å². The highest BCUT2D eigenvalue weighted by Crippen LogP contribution is 2.31. The Balaban J connectivity index is 3.09. The van der Waals surface area contributed by atoms with Crippen LogP contribution in [-0.4, -0.2) is 20.2 Å². The van der Waals surface area contributed by atoms with Gasteiger partial charge in [-0.05, 0) is 27.6 Å². The van der Waals surface area contributed by atoms with E-state index in [1.807, 2.05) is 0 Å². The van der Waals surface area contributed by atoms with Gasteiger partial charge in [0.2, 0.25) is 0 Å². The molecule has 0 bridgehead atoms. The number of hydrogen-bond donors (Lipinski definition) is 1. The van der Waals surface area contributed by atoms with Crippen molar-refractivity contribution in [1.82, 2.24) is 0 Å². The van der Waals surface area contributed by atoms with Crippen LogP contribution in [0.1, 0.15) is 11.6 Å². The third-order valence-electron chi connectivity index (χ3n) is 2.00. The SMILES string of the molecule is COC(=O)C(N)c1cccc(OC)c1Br. The van der Waals surface area contributed by atoms with Crippen molar-refractivity contribution in [3.05, 3.63) is 28.2 Å². The zero-order valence-electron chi connectivity index (χ0n) is 8.49. The molecule has 2 N–H and O–H groups in total. The number of benzene rings is 1. The van der Waals surface area contributed by atoms with Crippen LogP contribution >= 0.6 is 15.9 Å². The molecule has 0 aliphatic heterocycles. The first-order valence-electron chi connectivity index (χ1n) is 4.27. The van der Waals surface area contributed by atoms with Crippen molar-refractivity contribution in [2.45, 2.75) is 6.04 Å². The molecule has 1 rings (SSSR count). The first kappa shape index (κ1) is 12.0. The summed E-state index contributed by atoms with van der Waals surface area (Å²) in [6.07, 6.45) is 0. The highest BCUT2D eigenvalue weighted by molar-refractivity contribution is 9.10. The minimum absolute atomic E-state index is 0.482. The minimum Gasteiger partial charge on any atom is -0.496 e. The van der Waals surface area contributed by atoms with Gasteiger partial charge >= 0.3 is 5.97 Å². The second-order valence-electron chi connectivity index (χ2n) is 2.86. The van der Waals surface area contributed by atoms with E-state index < -0.39 is 12.0 Å². The van der Waals surface area contributed by atoms with Crippen molar-refractivity contribution in [3.63, 3.8) is 0 Å². The molecule has 0 aliphatic carbocycles. The third kappa shape index (κ3) is 2.49. The van der Waals surface area contributed by atoms with E-state index in [1.165, 1.54) is 7.11 Å². The molecule has 4 nitrogen and oxygen atoms in total. The molecule has 1 aromatic rings. The molecular formula is C10H12BrNO3. The highest BCUT2D eigenvalue weighted by Gasteiger charge is 2.20. The summed E-state index contributed by atoms with van der Waals surface area (Å²) in [5.74, 6) is 0.149. The van der Waals surface area contributed by atoms with Gasteiger partial charge in [-0.15, -0.1) is 0 Å². The van der Waals surface area contributed by atoms with Crippen LogP contribution in [-0.2, 0) is 9.53 Å². The Labute approximate surface area is 96.5 Å². The Morgan fingerprint density at radius 2 is 2.13 bits per heavy atom. The predicted molar refractivity (Wildman–Crippen MR) is 59.6 cm³/mol. The fourth-order valence-electron chi connectivity index (χ4n) is 1.18. The van der Waals surface area contributed by atoms with Gasteiger partial charge in [0.25, 0.3) is 0 Å². The summed E-state index contributed by atoms with van der Waals surface area (Å²) < 4.78 is 10.3. The molecule has 0 saturated heterocycles. The average Bonchev–Trinajstić information content (AvgIpc) is 2.27. The molecule has 15 heavy (non-hydrogen) atoms. The predicted octanol–water partition coefficient (Wildman–Crippen LogP) is 1.63. The number of carbonyl (C=O) groups is 1. The molecule has 1 atom stereocenters. The average molecular weight is 274 g/mol. The van der Waals surface area contributed by atoms with E-state index in [2.05, 4.69) is 20.7 Å².